The summed E-state index contributed by atoms with van der Waals surface area (Å²) >= 11 is 0. The molecule has 1 N–H and O–H groups in total. The minimum absolute atomic E-state index is 0.163. The van der Waals surface area contributed by atoms with Crippen LogP contribution in [0.3, 0.4) is 0 Å². The van der Waals surface area contributed by atoms with Gasteiger partial charge in [0.05, 0.1) is 16.8 Å². The first kappa shape index (κ1) is 15.5. The quantitative estimate of drug-likeness (QED) is 0.896. The zero-order chi connectivity index (χ0) is 14.6. The van der Waals surface area contributed by atoms with Crippen LogP contribution in [0.5, 0.6) is 0 Å². The molecular weight excluding hydrogens is 274 g/mol. The van der Waals surface area contributed by atoms with E-state index in [4.69, 9.17) is 0 Å². The Kier molecular flexibility index (Phi) is 5.18. The summed E-state index contributed by atoms with van der Waals surface area (Å²) < 4.78 is 24.4. The fourth-order valence-corrected chi connectivity index (χ4v) is 3.96. The standard InChI is InChI=1S/C15H23NO3S/c1-13(17)14-7-9-16(10-8-14)11-12-20(18,19)15-5-3-2-4-6-15/h2-6,13-14,17H,7-12H2,1H3. The molecule has 0 radical (unpaired) electrons. The van der Waals surface area contributed by atoms with Crippen LogP contribution < -0.4 is 0 Å². The van der Waals surface area contributed by atoms with E-state index in [1.165, 1.54) is 0 Å². The van der Waals surface area contributed by atoms with Gasteiger partial charge in [0.25, 0.3) is 0 Å². The molecule has 2 rings (SSSR count). The number of piperidine rings is 1. The lowest BCUT2D eigenvalue weighted by molar-refractivity contribution is 0.0739. The maximum Gasteiger partial charge on any atom is 0.179 e. The van der Waals surface area contributed by atoms with Crippen molar-refractivity contribution in [2.75, 3.05) is 25.4 Å². The Morgan fingerprint density at radius 2 is 1.85 bits per heavy atom. The summed E-state index contributed by atoms with van der Waals surface area (Å²) in [6.07, 6.45) is 1.64. The topological polar surface area (TPSA) is 57.6 Å². The molecule has 1 heterocycles. The number of rotatable bonds is 5. The molecule has 0 bridgehead atoms. The van der Waals surface area contributed by atoms with Gasteiger partial charge in [-0.3, -0.25) is 0 Å². The summed E-state index contributed by atoms with van der Waals surface area (Å²) in [7, 11) is -3.18. The molecule has 5 heteroatoms. The maximum absolute atomic E-state index is 12.2. The van der Waals surface area contributed by atoms with E-state index in [-0.39, 0.29) is 11.9 Å². The molecule has 0 saturated carbocycles. The van der Waals surface area contributed by atoms with Crippen molar-refractivity contribution in [2.45, 2.75) is 30.8 Å². The van der Waals surface area contributed by atoms with Gasteiger partial charge >= 0.3 is 0 Å². The van der Waals surface area contributed by atoms with Gasteiger partial charge in [-0.25, -0.2) is 8.42 Å². The highest BCUT2D eigenvalue weighted by atomic mass is 32.2. The van der Waals surface area contributed by atoms with Crippen LogP contribution in [0.15, 0.2) is 35.2 Å². The Morgan fingerprint density at radius 3 is 2.40 bits per heavy atom. The van der Waals surface area contributed by atoms with E-state index in [0.717, 1.165) is 25.9 Å². The van der Waals surface area contributed by atoms with Crippen LogP contribution in [0.4, 0.5) is 0 Å². The first-order valence-corrected chi connectivity index (χ1v) is 8.82. The lowest BCUT2D eigenvalue weighted by Gasteiger charge is -2.33. The van der Waals surface area contributed by atoms with Crippen molar-refractivity contribution in [1.29, 1.82) is 0 Å². The third-order valence-electron chi connectivity index (χ3n) is 4.09. The number of nitrogens with zero attached hydrogens (tertiary/aromatic N) is 1. The van der Waals surface area contributed by atoms with Gasteiger partial charge in [-0.2, -0.15) is 0 Å². The zero-order valence-electron chi connectivity index (χ0n) is 11.9. The van der Waals surface area contributed by atoms with Crippen LogP contribution in [-0.2, 0) is 9.84 Å². The lowest BCUT2D eigenvalue weighted by Crippen LogP contribution is -2.39. The first-order chi connectivity index (χ1) is 9.49. The van der Waals surface area contributed by atoms with E-state index >= 15 is 0 Å². The predicted octanol–water partition coefficient (Wildman–Crippen LogP) is 1.55. The van der Waals surface area contributed by atoms with Crippen LogP contribution in [-0.4, -0.2) is 49.9 Å². The van der Waals surface area contributed by atoms with Crippen molar-refractivity contribution < 1.29 is 13.5 Å². The number of aliphatic hydroxyl groups is 1. The molecule has 1 aromatic rings. The van der Waals surface area contributed by atoms with Gasteiger partial charge in [-0.05, 0) is 50.9 Å². The van der Waals surface area contributed by atoms with Gasteiger partial charge < -0.3 is 10.0 Å². The third kappa shape index (κ3) is 4.04. The van der Waals surface area contributed by atoms with Crippen LogP contribution in [0, 0.1) is 5.92 Å². The molecule has 1 fully saturated rings. The van der Waals surface area contributed by atoms with Crippen LogP contribution >= 0.6 is 0 Å². The van der Waals surface area contributed by atoms with Crippen LogP contribution in [0.1, 0.15) is 19.8 Å². The largest absolute Gasteiger partial charge is 0.393 e. The van der Waals surface area contributed by atoms with Crippen molar-refractivity contribution in [2.24, 2.45) is 5.92 Å². The van der Waals surface area contributed by atoms with Gasteiger partial charge in [0.1, 0.15) is 0 Å². The second-order valence-electron chi connectivity index (χ2n) is 5.55. The van der Waals surface area contributed by atoms with Crippen molar-refractivity contribution in [3.63, 3.8) is 0 Å². The summed E-state index contributed by atoms with van der Waals surface area (Å²) in [5.41, 5.74) is 0. The predicted molar refractivity (Wildman–Crippen MR) is 79.3 cm³/mol. The lowest BCUT2D eigenvalue weighted by atomic mass is 9.92. The average Bonchev–Trinajstić information content (AvgIpc) is 2.46. The monoisotopic (exact) mass is 297 g/mol. The Hall–Kier alpha value is -0.910. The second-order valence-corrected chi connectivity index (χ2v) is 7.66. The highest BCUT2D eigenvalue weighted by Crippen LogP contribution is 2.20. The number of likely N-dealkylation sites (tertiary alicyclic amines) is 1. The van der Waals surface area contributed by atoms with Gasteiger partial charge in [0.2, 0.25) is 0 Å². The highest BCUT2D eigenvalue weighted by Gasteiger charge is 2.24. The Labute approximate surface area is 121 Å². The number of hydrogen-bond acceptors (Lipinski definition) is 4. The number of hydrogen-bond donors (Lipinski definition) is 1. The summed E-state index contributed by atoms with van der Waals surface area (Å²) in [6.45, 7) is 4.16. The van der Waals surface area contributed by atoms with Crippen LogP contribution in [0.25, 0.3) is 0 Å². The van der Waals surface area contributed by atoms with E-state index in [9.17, 15) is 13.5 Å². The van der Waals surface area contributed by atoms with Gasteiger partial charge in [0, 0.05) is 6.54 Å². The first-order valence-electron chi connectivity index (χ1n) is 7.17. The minimum Gasteiger partial charge on any atom is -0.393 e. The van der Waals surface area contributed by atoms with E-state index in [1.54, 1.807) is 24.3 Å². The molecule has 0 spiro atoms. The van der Waals surface area contributed by atoms with E-state index in [2.05, 4.69) is 4.90 Å². The fourth-order valence-electron chi connectivity index (χ4n) is 2.65. The van der Waals surface area contributed by atoms with Gasteiger partial charge in [-0.1, -0.05) is 18.2 Å². The molecule has 1 aliphatic heterocycles. The fraction of sp³-hybridized carbons (Fsp3) is 0.600. The number of sulfone groups is 1. The summed E-state index contributed by atoms with van der Waals surface area (Å²) in [4.78, 5) is 2.58. The van der Waals surface area contributed by atoms with Crippen molar-refractivity contribution in [3.05, 3.63) is 30.3 Å². The molecule has 4 nitrogen and oxygen atoms in total. The normalized spacial score (nSPS) is 19.9. The maximum atomic E-state index is 12.2. The molecular formula is C15H23NO3S. The van der Waals surface area contributed by atoms with E-state index in [1.807, 2.05) is 13.0 Å². The molecule has 1 aliphatic rings. The smallest absolute Gasteiger partial charge is 0.179 e. The van der Waals surface area contributed by atoms with Crippen molar-refractivity contribution in [1.82, 2.24) is 4.90 Å². The molecule has 1 unspecified atom stereocenters. The molecule has 112 valence electrons. The summed E-state index contributed by atoms with van der Waals surface area (Å²) in [6, 6.07) is 8.62. The highest BCUT2D eigenvalue weighted by molar-refractivity contribution is 7.91. The van der Waals surface area contributed by atoms with E-state index < -0.39 is 9.84 Å². The third-order valence-corrected chi connectivity index (χ3v) is 5.80. The molecule has 0 amide bonds. The van der Waals surface area contributed by atoms with Crippen molar-refractivity contribution in [3.8, 4) is 0 Å². The van der Waals surface area contributed by atoms with Crippen LogP contribution in [0.2, 0.25) is 0 Å². The molecule has 0 aromatic heterocycles. The minimum atomic E-state index is -3.18. The summed E-state index contributed by atoms with van der Waals surface area (Å²) in [5, 5.41) is 9.56. The van der Waals surface area contributed by atoms with Gasteiger partial charge in [-0.15, -0.1) is 0 Å². The molecule has 20 heavy (non-hydrogen) atoms. The van der Waals surface area contributed by atoms with Gasteiger partial charge in [0.15, 0.2) is 9.84 Å². The number of aliphatic hydroxyl groups excluding tert-OH is 1. The molecule has 1 aromatic carbocycles. The number of benzene rings is 1. The SMILES string of the molecule is CC(O)C1CCN(CCS(=O)(=O)c2ccccc2)CC1. The molecule has 1 atom stereocenters. The van der Waals surface area contributed by atoms with Crippen molar-refractivity contribution >= 4 is 9.84 Å². The van der Waals surface area contributed by atoms with E-state index in [0.29, 0.717) is 17.4 Å². The zero-order valence-corrected chi connectivity index (χ0v) is 12.7. The molecule has 0 aliphatic carbocycles. The Balaban J connectivity index is 1.85. The Bertz CT molecular complexity index is 505. The Morgan fingerprint density at radius 1 is 1.25 bits per heavy atom. The second kappa shape index (κ2) is 6.70. The molecule has 1 saturated heterocycles. The summed E-state index contributed by atoms with van der Waals surface area (Å²) in [5.74, 6) is 0.521. The average molecular weight is 297 g/mol.